The molecule has 21 heavy (non-hydrogen) atoms. The standard InChI is InChI=1S/C17H25N3O/c1-11(2)15(14-9-7-6-8-10-14)18-13(5)17-19-16(12(3)4)20-21-17/h6-13,15,18H,1-5H3. The van der Waals surface area contributed by atoms with Crippen LogP contribution in [0.25, 0.3) is 0 Å². The molecule has 0 aliphatic carbocycles. The van der Waals surface area contributed by atoms with Crippen LogP contribution in [0, 0.1) is 5.92 Å². The fourth-order valence-corrected chi connectivity index (χ4v) is 2.33. The van der Waals surface area contributed by atoms with E-state index in [0.29, 0.717) is 11.8 Å². The van der Waals surface area contributed by atoms with Gasteiger partial charge in [-0.3, -0.25) is 5.32 Å². The Morgan fingerprint density at radius 3 is 2.19 bits per heavy atom. The number of aromatic nitrogens is 2. The van der Waals surface area contributed by atoms with Gasteiger partial charge in [0.1, 0.15) is 0 Å². The topological polar surface area (TPSA) is 51.0 Å². The van der Waals surface area contributed by atoms with Crippen molar-refractivity contribution in [2.24, 2.45) is 5.92 Å². The van der Waals surface area contributed by atoms with E-state index < -0.39 is 0 Å². The minimum Gasteiger partial charge on any atom is -0.338 e. The summed E-state index contributed by atoms with van der Waals surface area (Å²) in [6, 6.07) is 10.8. The predicted molar refractivity (Wildman–Crippen MR) is 84.0 cm³/mol. The van der Waals surface area contributed by atoms with Gasteiger partial charge < -0.3 is 4.52 Å². The van der Waals surface area contributed by atoms with Gasteiger partial charge in [0.25, 0.3) is 0 Å². The van der Waals surface area contributed by atoms with Gasteiger partial charge in [-0.1, -0.05) is 63.2 Å². The Morgan fingerprint density at radius 1 is 1.00 bits per heavy atom. The summed E-state index contributed by atoms with van der Waals surface area (Å²) in [6.07, 6.45) is 0. The van der Waals surface area contributed by atoms with E-state index in [9.17, 15) is 0 Å². The summed E-state index contributed by atoms with van der Waals surface area (Å²) in [6.45, 7) is 10.6. The van der Waals surface area contributed by atoms with Crippen molar-refractivity contribution in [1.29, 1.82) is 0 Å². The van der Waals surface area contributed by atoms with E-state index >= 15 is 0 Å². The highest BCUT2D eigenvalue weighted by Gasteiger charge is 2.22. The number of benzene rings is 1. The van der Waals surface area contributed by atoms with Crippen molar-refractivity contribution >= 4 is 0 Å². The fourth-order valence-electron chi connectivity index (χ4n) is 2.33. The summed E-state index contributed by atoms with van der Waals surface area (Å²) in [5.41, 5.74) is 1.28. The number of rotatable bonds is 6. The van der Waals surface area contributed by atoms with Gasteiger partial charge >= 0.3 is 0 Å². The normalized spacial score (nSPS) is 14.6. The average Bonchev–Trinajstić information content (AvgIpc) is 2.95. The van der Waals surface area contributed by atoms with Crippen LogP contribution in [0.15, 0.2) is 34.9 Å². The maximum atomic E-state index is 5.38. The van der Waals surface area contributed by atoms with Crippen molar-refractivity contribution in [2.75, 3.05) is 0 Å². The summed E-state index contributed by atoms with van der Waals surface area (Å²) in [7, 11) is 0. The molecular formula is C17H25N3O. The van der Waals surface area contributed by atoms with E-state index in [1.165, 1.54) is 5.56 Å². The zero-order valence-electron chi connectivity index (χ0n) is 13.5. The highest BCUT2D eigenvalue weighted by molar-refractivity contribution is 5.19. The molecule has 0 saturated heterocycles. The third kappa shape index (κ3) is 3.91. The second-order valence-electron chi connectivity index (χ2n) is 6.17. The number of hydrogen-bond donors (Lipinski definition) is 1. The Morgan fingerprint density at radius 2 is 1.67 bits per heavy atom. The van der Waals surface area contributed by atoms with Crippen LogP contribution in [0.3, 0.4) is 0 Å². The van der Waals surface area contributed by atoms with Crippen LogP contribution in [0.1, 0.15) is 69.9 Å². The molecule has 1 aromatic heterocycles. The maximum absolute atomic E-state index is 5.38. The van der Waals surface area contributed by atoms with Crippen LogP contribution < -0.4 is 5.32 Å². The van der Waals surface area contributed by atoms with Crippen LogP contribution in [0.4, 0.5) is 0 Å². The Kier molecular flexibility index (Phi) is 5.12. The lowest BCUT2D eigenvalue weighted by atomic mass is 9.95. The van der Waals surface area contributed by atoms with Crippen molar-refractivity contribution in [3.8, 4) is 0 Å². The third-order valence-corrected chi connectivity index (χ3v) is 3.60. The maximum Gasteiger partial charge on any atom is 0.243 e. The summed E-state index contributed by atoms with van der Waals surface area (Å²) in [4.78, 5) is 4.48. The van der Waals surface area contributed by atoms with Gasteiger partial charge in [-0.15, -0.1) is 0 Å². The minimum atomic E-state index is 0.0256. The summed E-state index contributed by atoms with van der Waals surface area (Å²) in [5.74, 6) is 2.17. The SMILES string of the molecule is CC(C)c1noc(C(C)NC(c2ccccc2)C(C)C)n1. The van der Waals surface area contributed by atoms with E-state index in [2.05, 4.69) is 74.3 Å². The van der Waals surface area contributed by atoms with Gasteiger partial charge in [-0.05, 0) is 18.4 Å². The Hall–Kier alpha value is -1.68. The zero-order chi connectivity index (χ0) is 15.4. The molecule has 0 fully saturated rings. The number of nitrogens with zero attached hydrogens (tertiary/aromatic N) is 2. The molecule has 2 unspecified atom stereocenters. The lowest BCUT2D eigenvalue weighted by molar-refractivity contribution is 0.299. The minimum absolute atomic E-state index is 0.0256. The predicted octanol–water partition coefficient (Wildman–Crippen LogP) is 4.24. The first-order valence-corrected chi connectivity index (χ1v) is 7.63. The Labute approximate surface area is 127 Å². The molecule has 1 heterocycles. The monoisotopic (exact) mass is 287 g/mol. The molecule has 0 aliphatic heterocycles. The summed E-state index contributed by atoms with van der Waals surface area (Å²) < 4.78 is 5.38. The molecule has 1 aromatic carbocycles. The van der Waals surface area contributed by atoms with Crippen LogP contribution >= 0.6 is 0 Å². The van der Waals surface area contributed by atoms with Gasteiger partial charge in [0.2, 0.25) is 5.89 Å². The molecule has 0 spiro atoms. The molecule has 0 bridgehead atoms. The first kappa shape index (κ1) is 15.7. The van der Waals surface area contributed by atoms with Crippen LogP contribution in [0.2, 0.25) is 0 Å². The van der Waals surface area contributed by atoms with Crippen molar-refractivity contribution < 1.29 is 4.52 Å². The van der Waals surface area contributed by atoms with Crippen molar-refractivity contribution in [2.45, 2.75) is 52.6 Å². The lowest BCUT2D eigenvalue weighted by Gasteiger charge is -2.25. The highest BCUT2D eigenvalue weighted by Crippen LogP contribution is 2.25. The molecule has 0 saturated carbocycles. The van der Waals surface area contributed by atoms with E-state index in [1.807, 2.05) is 6.07 Å². The van der Waals surface area contributed by atoms with Crippen LogP contribution in [-0.4, -0.2) is 10.1 Å². The van der Waals surface area contributed by atoms with Gasteiger partial charge in [-0.2, -0.15) is 4.98 Å². The highest BCUT2D eigenvalue weighted by atomic mass is 16.5. The summed E-state index contributed by atoms with van der Waals surface area (Å²) in [5, 5.41) is 7.64. The molecule has 0 aliphatic rings. The molecule has 2 aromatic rings. The van der Waals surface area contributed by atoms with Gasteiger partial charge in [0.05, 0.1) is 6.04 Å². The van der Waals surface area contributed by atoms with Crippen molar-refractivity contribution in [3.63, 3.8) is 0 Å². The first-order chi connectivity index (χ1) is 9.99. The molecule has 1 N–H and O–H groups in total. The van der Waals surface area contributed by atoms with Crippen molar-refractivity contribution in [1.82, 2.24) is 15.5 Å². The van der Waals surface area contributed by atoms with Gasteiger partial charge in [-0.25, -0.2) is 0 Å². The van der Waals surface area contributed by atoms with Crippen LogP contribution in [-0.2, 0) is 0 Å². The average molecular weight is 287 g/mol. The fraction of sp³-hybridized carbons (Fsp3) is 0.529. The van der Waals surface area contributed by atoms with E-state index in [-0.39, 0.29) is 18.0 Å². The molecule has 4 nitrogen and oxygen atoms in total. The third-order valence-electron chi connectivity index (χ3n) is 3.60. The molecule has 0 amide bonds. The van der Waals surface area contributed by atoms with Crippen molar-refractivity contribution in [3.05, 3.63) is 47.6 Å². The van der Waals surface area contributed by atoms with E-state index in [1.54, 1.807) is 0 Å². The molecule has 4 heteroatoms. The number of nitrogens with one attached hydrogen (secondary N) is 1. The molecule has 2 rings (SSSR count). The second kappa shape index (κ2) is 6.85. The first-order valence-electron chi connectivity index (χ1n) is 7.63. The smallest absolute Gasteiger partial charge is 0.243 e. The summed E-state index contributed by atoms with van der Waals surface area (Å²) >= 11 is 0. The van der Waals surface area contributed by atoms with E-state index in [4.69, 9.17) is 4.52 Å². The molecular weight excluding hydrogens is 262 g/mol. The lowest BCUT2D eigenvalue weighted by Crippen LogP contribution is -2.28. The van der Waals surface area contributed by atoms with Crippen LogP contribution in [0.5, 0.6) is 0 Å². The number of hydrogen-bond acceptors (Lipinski definition) is 4. The molecule has 0 radical (unpaired) electrons. The van der Waals surface area contributed by atoms with Gasteiger partial charge in [0.15, 0.2) is 5.82 Å². The Bertz CT molecular complexity index is 548. The molecule has 114 valence electrons. The zero-order valence-corrected chi connectivity index (χ0v) is 13.5. The quantitative estimate of drug-likeness (QED) is 0.863. The molecule has 2 atom stereocenters. The largest absolute Gasteiger partial charge is 0.338 e. The van der Waals surface area contributed by atoms with Gasteiger partial charge in [0, 0.05) is 12.0 Å². The Balaban J connectivity index is 2.13. The van der Waals surface area contributed by atoms with E-state index in [0.717, 1.165) is 5.82 Å². The second-order valence-corrected chi connectivity index (χ2v) is 6.17.